The maximum atomic E-state index is 13.4. The third kappa shape index (κ3) is 8.83. The number of ketones is 2. The van der Waals surface area contributed by atoms with Gasteiger partial charge in [0.15, 0.2) is 11.5 Å². The van der Waals surface area contributed by atoms with Gasteiger partial charge in [-0.25, -0.2) is 9.59 Å². The molecule has 0 spiro atoms. The molecule has 0 fully saturated rings. The molecule has 0 heterocycles. The highest BCUT2D eigenvalue weighted by Gasteiger charge is 2.27. The molecule has 2 aromatic carbocycles. The summed E-state index contributed by atoms with van der Waals surface area (Å²) in [6.45, 7) is 4.08. The topological polar surface area (TPSA) is 125 Å². The number of benzene rings is 2. The summed E-state index contributed by atoms with van der Waals surface area (Å²) in [7, 11) is 3.92. The van der Waals surface area contributed by atoms with E-state index in [9.17, 15) is 24.3 Å². The van der Waals surface area contributed by atoms with Crippen molar-refractivity contribution >= 4 is 23.5 Å². The molecule has 0 unspecified atom stereocenters. The number of ether oxygens (including phenoxy) is 4. The van der Waals surface area contributed by atoms with Crippen LogP contribution in [0.25, 0.3) is 0 Å². The highest BCUT2D eigenvalue weighted by Crippen LogP contribution is 2.37. The van der Waals surface area contributed by atoms with Crippen LogP contribution in [0.4, 0.5) is 0 Å². The van der Waals surface area contributed by atoms with E-state index in [2.05, 4.69) is 0 Å². The number of aromatic hydroxyl groups is 1. The molecule has 0 atom stereocenters. The Balaban J connectivity index is 2.44. The zero-order chi connectivity index (χ0) is 29.7. The van der Waals surface area contributed by atoms with E-state index in [-0.39, 0.29) is 58.3 Å². The van der Waals surface area contributed by atoms with Gasteiger partial charge in [-0.05, 0) is 36.1 Å². The molecule has 0 aromatic heterocycles. The molecule has 9 nitrogen and oxygen atoms in total. The van der Waals surface area contributed by atoms with Crippen LogP contribution in [0.1, 0.15) is 97.1 Å². The SMILES string of the molecule is CCCCCC(=O)Cc1cc(OC)cc(O)c1C(=O)Oc1ccc(CC(=O)CCCCC)c(C(=O)OC)c1OC. The van der Waals surface area contributed by atoms with Crippen LogP contribution in [0.3, 0.4) is 0 Å². The fourth-order valence-electron chi connectivity index (χ4n) is 4.41. The summed E-state index contributed by atoms with van der Waals surface area (Å²) < 4.78 is 21.2. The molecule has 0 amide bonds. The first-order valence-electron chi connectivity index (χ1n) is 13.6. The van der Waals surface area contributed by atoms with E-state index in [4.69, 9.17) is 18.9 Å². The predicted molar refractivity (Wildman–Crippen MR) is 150 cm³/mol. The highest BCUT2D eigenvalue weighted by atomic mass is 16.6. The zero-order valence-electron chi connectivity index (χ0n) is 24.1. The number of rotatable bonds is 17. The lowest BCUT2D eigenvalue weighted by molar-refractivity contribution is -0.119. The maximum absolute atomic E-state index is 13.4. The lowest BCUT2D eigenvalue weighted by Crippen LogP contribution is -2.17. The van der Waals surface area contributed by atoms with Crippen LogP contribution in [-0.2, 0) is 27.2 Å². The number of hydrogen-bond donors (Lipinski definition) is 1. The number of Topliss-reactive ketones (excluding diaryl/α,β-unsaturated/α-hetero) is 2. The minimum absolute atomic E-state index is 0.0116. The van der Waals surface area contributed by atoms with Crippen LogP contribution in [0, 0.1) is 0 Å². The summed E-state index contributed by atoms with van der Waals surface area (Å²) >= 11 is 0. The van der Waals surface area contributed by atoms with E-state index >= 15 is 0 Å². The van der Waals surface area contributed by atoms with Crippen molar-refractivity contribution < 1.29 is 43.2 Å². The van der Waals surface area contributed by atoms with E-state index in [1.165, 1.54) is 45.6 Å². The number of hydrogen-bond acceptors (Lipinski definition) is 9. The Bertz CT molecular complexity index is 1200. The molecule has 0 saturated carbocycles. The van der Waals surface area contributed by atoms with Gasteiger partial charge in [0.1, 0.15) is 34.2 Å². The van der Waals surface area contributed by atoms with Crippen LogP contribution in [0.5, 0.6) is 23.0 Å². The number of unbranched alkanes of at least 4 members (excludes halogenated alkanes) is 4. The van der Waals surface area contributed by atoms with Gasteiger partial charge in [-0.1, -0.05) is 45.6 Å². The molecule has 0 aliphatic heterocycles. The van der Waals surface area contributed by atoms with Crippen molar-refractivity contribution in [3.63, 3.8) is 0 Å². The third-order valence-corrected chi connectivity index (χ3v) is 6.51. The Morgan fingerprint density at radius 3 is 1.85 bits per heavy atom. The average Bonchev–Trinajstić information content (AvgIpc) is 2.92. The van der Waals surface area contributed by atoms with Crippen molar-refractivity contribution in [1.82, 2.24) is 0 Å². The molecule has 0 aliphatic carbocycles. The van der Waals surface area contributed by atoms with Crippen LogP contribution in [0.15, 0.2) is 24.3 Å². The number of carbonyl (C=O) groups is 4. The largest absolute Gasteiger partial charge is 0.507 e. The van der Waals surface area contributed by atoms with E-state index < -0.39 is 17.7 Å². The van der Waals surface area contributed by atoms with E-state index in [1.54, 1.807) is 0 Å². The van der Waals surface area contributed by atoms with E-state index in [0.29, 0.717) is 18.4 Å². The molecule has 2 rings (SSSR count). The summed E-state index contributed by atoms with van der Waals surface area (Å²) in [5.74, 6) is -2.15. The normalized spacial score (nSPS) is 10.6. The van der Waals surface area contributed by atoms with Gasteiger partial charge in [0, 0.05) is 31.7 Å². The van der Waals surface area contributed by atoms with Gasteiger partial charge in [-0.3, -0.25) is 9.59 Å². The Morgan fingerprint density at radius 1 is 0.725 bits per heavy atom. The number of esters is 2. The minimum Gasteiger partial charge on any atom is -0.507 e. The average molecular weight is 557 g/mol. The Hall–Kier alpha value is -3.88. The Morgan fingerprint density at radius 2 is 1.32 bits per heavy atom. The van der Waals surface area contributed by atoms with Gasteiger partial charge < -0.3 is 24.1 Å². The first-order valence-corrected chi connectivity index (χ1v) is 13.6. The van der Waals surface area contributed by atoms with E-state index in [1.807, 2.05) is 13.8 Å². The van der Waals surface area contributed by atoms with Crippen LogP contribution in [-0.4, -0.2) is 49.9 Å². The number of phenols is 1. The second kappa shape index (κ2) is 16.3. The van der Waals surface area contributed by atoms with Crippen molar-refractivity contribution in [2.45, 2.75) is 78.1 Å². The fourth-order valence-corrected chi connectivity index (χ4v) is 4.41. The lowest BCUT2D eigenvalue weighted by Gasteiger charge is -2.17. The van der Waals surface area contributed by atoms with E-state index in [0.717, 1.165) is 38.5 Å². The highest BCUT2D eigenvalue weighted by molar-refractivity contribution is 6.00. The van der Waals surface area contributed by atoms with Crippen LogP contribution >= 0.6 is 0 Å². The maximum Gasteiger partial charge on any atom is 0.347 e. The van der Waals surface area contributed by atoms with Crippen molar-refractivity contribution in [2.24, 2.45) is 0 Å². The summed E-state index contributed by atoms with van der Waals surface area (Å²) in [4.78, 5) is 51.3. The Kier molecular flexibility index (Phi) is 13.2. The van der Waals surface area contributed by atoms with Crippen LogP contribution < -0.4 is 14.2 Å². The molecule has 9 heteroatoms. The summed E-state index contributed by atoms with van der Waals surface area (Å²) in [6, 6.07) is 5.71. The summed E-state index contributed by atoms with van der Waals surface area (Å²) in [5, 5.41) is 10.7. The lowest BCUT2D eigenvalue weighted by atomic mass is 9.97. The third-order valence-electron chi connectivity index (χ3n) is 6.51. The van der Waals surface area contributed by atoms with Crippen molar-refractivity contribution in [1.29, 1.82) is 0 Å². The predicted octanol–water partition coefficient (Wildman–Crippen LogP) is 5.80. The first kappa shape index (κ1) is 32.3. The molecule has 40 heavy (non-hydrogen) atoms. The van der Waals surface area contributed by atoms with Gasteiger partial charge in [0.05, 0.1) is 21.3 Å². The number of carbonyl (C=O) groups excluding carboxylic acids is 4. The van der Waals surface area contributed by atoms with Gasteiger partial charge in [0.2, 0.25) is 0 Å². The van der Waals surface area contributed by atoms with Gasteiger partial charge >= 0.3 is 11.9 Å². The summed E-state index contributed by atoms with van der Waals surface area (Å²) in [5.41, 5.74) is 0.423. The standard InChI is InChI=1S/C31H40O9/c1-6-8-10-12-22(32)16-20-14-15-26(29(38-4)28(20)30(35)39-5)40-31(36)27-21(17-23(33)13-11-9-7-2)18-24(37-3)19-25(27)34/h14-15,18-19,34H,6-13,16-17H2,1-5H3. The number of phenolic OH excluding ortho intramolecular Hbond substituents is 1. The van der Waals surface area contributed by atoms with Crippen molar-refractivity contribution in [3.8, 4) is 23.0 Å². The molecule has 1 N–H and O–H groups in total. The van der Waals surface area contributed by atoms with Crippen molar-refractivity contribution in [2.75, 3.05) is 21.3 Å². The molecular weight excluding hydrogens is 516 g/mol. The smallest absolute Gasteiger partial charge is 0.347 e. The zero-order valence-corrected chi connectivity index (χ0v) is 24.1. The summed E-state index contributed by atoms with van der Waals surface area (Å²) in [6.07, 6.45) is 5.88. The second-order valence-electron chi connectivity index (χ2n) is 9.54. The molecular formula is C31H40O9. The molecule has 2 aromatic rings. The molecule has 218 valence electrons. The number of methoxy groups -OCH3 is 3. The van der Waals surface area contributed by atoms with Crippen LogP contribution in [0.2, 0.25) is 0 Å². The fraction of sp³-hybridized carbons (Fsp3) is 0.484. The quantitative estimate of drug-likeness (QED) is 0.146. The minimum atomic E-state index is -0.950. The first-order chi connectivity index (χ1) is 19.2. The second-order valence-corrected chi connectivity index (χ2v) is 9.54. The molecule has 0 aliphatic rings. The Labute approximate surface area is 235 Å². The van der Waals surface area contributed by atoms with Gasteiger partial charge in [-0.15, -0.1) is 0 Å². The van der Waals surface area contributed by atoms with Crippen molar-refractivity contribution in [3.05, 3.63) is 46.5 Å². The van der Waals surface area contributed by atoms with Gasteiger partial charge in [0.25, 0.3) is 0 Å². The molecule has 0 bridgehead atoms. The van der Waals surface area contributed by atoms with Gasteiger partial charge in [-0.2, -0.15) is 0 Å². The molecule has 0 saturated heterocycles. The molecule has 0 radical (unpaired) electrons. The monoisotopic (exact) mass is 556 g/mol.